The van der Waals surface area contributed by atoms with Gasteiger partial charge in [-0.15, -0.1) is 11.8 Å². The number of thioether (sulfide) groups is 1. The summed E-state index contributed by atoms with van der Waals surface area (Å²) in [4.78, 5) is 8.83. The van der Waals surface area contributed by atoms with Crippen LogP contribution in [0.2, 0.25) is 0 Å². The molecule has 0 bridgehead atoms. The Hall–Kier alpha value is -2.18. The van der Waals surface area contributed by atoms with Crippen LogP contribution in [0.15, 0.2) is 58.2 Å². The highest BCUT2D eigenvalue weighted by molar-refractivity contribution is 7.98. The molecule has 2 aromatic heterocycles. The second-order valence-electron chi connectivity index (χ2n) is 5.67. The van der Waals surface area contributed by atoms with E-state index in [1.165, 1.54) is 5.56 Å². The number of benzene rings is 1. The van der Waals surface area contributed by atoms with E-state index in [4.69, 9.17) is 9.26 Å². The van der Waals surface area contributed by atoms with Crippen LogP contribution in [-0.2, 0) is 10.5 Å². The summed E-state index contributed by atoms with van der Waals surface area (Å²) in [5.41, 5.74) is 2.18. The van der Waals surface area contributed by atoms with Crippen molar-refractivity contribution in [2.45, 2.75) is 23.1 Å². The highest BCUT2D eigenvalue weighted by Crippen LogP contribution is 2.26. The van der Waals surface area contributed by atoms with Crippen LogP contribution in [0.4, 0.5) is 0 Å². The van der Waals surface area contributed by atoms with Crippen molar-refractivity contribution in [1.82, 2.24) is 15.1 Å². The molecular weight excluding hydrogens is 322 g/mol. The molecule has 0 amide bonds. The Labute approximate surface area is 144 Å². The van der Waals surface area contributed by atoms with Gasteiger partial charge in [0.1, 0.15) is 0 Å². The van der Waals surface area contributed by atoms with Crippen molar-refractivity contribution < 1.29 is 9.26 Å². The van der Waals surface area contributed by atoms with Crippen LogP contribution in [0, 0.1) is 0 Å². The van der Waals surface area contributed by atoms with E-state index in [1.54, 1.807) is 11.8 Å². The lowest BCUT2D eigenvalue weighted by atomic mass is 10.1. The molecule has 1 saturated heterocycles. The fourth-order valence-electron chi connectivity index (χ4n) is 2.59. The molecule has 3 aromatic rings. The Balaban J connectivity index is 1.42. The second kappa shape index (κ2) is 7.15. The molecule has 6 heteroatoms. The lowest BCUT2D eigenvalue weighted by Gasteiger charge is -2.02. The summed E-state index contributed by atoms with van der Waals surface area (Å²) in [6.45, 7) is 1.46. The largest absolute Gasteiger partial charge is 0.381 e. The molecule has 1 aromatic carbocycles. The summed E-state index contributed by atoms with van der Waals surface area (Å²) in [7, 11) is 0. The highest BCUT2D eigenvalue weighted by atomic mass is 32.2. The minimum absolute atomic E-state index is 0.261. The Morgan fingerprint density at radius 1 is 1.12 bits per heavy atom. The third kappa shape index (κ3) is 3.49. The van der Waals surface area contributed by atoms with E-state index in [0.717, 1.165) is 35.2 Å². The van der Waals surface area contributed by atoms with E-state index in [9.17, 15) is 0 Å². The summed E-state index contributed by atoms with van der Waals surface area (Å²) in [6, 6.07) is 14.2. The average Bonchev–Trinajstić information content (AvgIpc) is 3.33. The Morgan fingerprint density at radius 3 is 2.79 bits per heavy atom. The third-order valence-electron chi connectivity index (χ3n) is 3.96. The molecule has 0 radical (unpaired) electrons. The summed E-state index contributed by atoms with van der Waals surface area (Å²) in [5.74, 6) is 2.46. The molecule has 24 heavy (non-hydrogen) atoms. The van der Waals surface area contributed by atoms with E-state index in [0.29, 0.717) is 12.5 Å². The zero-order chi connectivity index (χ0) is 16.2. The SMILES string of the molecule is c1ccc(SCc2ccc(-c3nc([C@H]4CCOC4)no3)cc2)nc1. The van der Waals surface area contributed by atoms with Crippen molar-refractivity contribution in [3.8, 4) is 11.5 Å². The number of ether oxygens (including phenoxy) is 1. The fourth-order valence-corrected chi connectivity index (χ4v) is 3.41. The summed E-state index contributed by atoms with van der Waals surface area (Å²) in [6.07, 6.45) is 2.77. The van der Waals surface area contributed by atoms with Crippen molar-refractivity contribution in [2.75, 3.05) is 13.2 Å². The second-order valence-corrected chi connectivity index (χ2v) is 6.67. The van der Waals surface area contributed by atoms with Crippen LogP contribution in [0.3, 0.4) is 0 Å². The molecular formula is C18H17N3O2S. The van der Waals surface area contributed by atoms with Gasteiger partial charge in [0.15, 0.2) is 5.82 Å². The number of hydrogen-bond acceptors (Lipinski definition) is 6. The molecule has 4 rings (SSSR count). The minimum atomic E-state index is 0.261. The van der Waals surface area contributed by atoms with E-state index >= 15 is 0 Å². The quantitative estimate of drug-likeness (QED) is 0.657. The zero-order valence-corrected chi connectivity index (χ0v) is 13.9. The topological polar surface area (TPSA) is 61.0 Å². The van der Waals surface area contributed by atoms with Crippen LogP contribution < -0.4 is 0 Å². The Morgan fingerprint density at radius 2 is 2.04 bits per heavy atom. The first-order valence-electron chi connectivity index (χ1n) is 7.93. The van der Waals surface area contributed by atoms with Crippen molar-refractivity contribution in [3.63, 3.8) is 0 Å². The van der Waals surface area contributed by atoms with Crippen molar-refractivity contribution in [2.24, 2.45) is 0 Å². The van der Waals surface area contributed by atoms with Gasteiger partial charge in [-0.1, -0.05) is 23.4 Å². The smallest absolute Gasteiger partial charge is 0.257 e. The monoisotopic (exact) mass is 339 g/mol. The molecule has 1 aliphatic heterocycles. The average molecular weight is 339 g/mol. The van der Waals surface area contributed by atoms with Crippen molar-refractivity contribution >= 4 is 11.8 Å². The van der Waals surface area contributed by atoms with E-state index in [-0.39, 0.29) is 5.92 Å². The highest BCUT2D eigenvalue weighted by Gasteiger charge is 2.23. The number of nitrogens with zero attached hydrogens (tertiary/aromatic N) is 3. The first-order valence-corrected chi connectivity index (χ1v) is 8.91. The van der Waals surface area contributed by atoms with Gasteiger partial charge in [0.2, 0.25) is 0 Å². The van der Waals surface area contributed by atoms with Gasteiger partial charge in [0, 0.05) is 30.0 Å². The molecule has 122 valence electrons. The first-order chi connectivity index (χ1) is 11.9. The lowest BCUT2D eigenvalue weighted by molar-refractivity contribution is 0.192. The van der Waals surface area contributed by atoms with Crippen molar-refractivity contribution in [3.05, 3.63) is 60.0 Å². The maximum atomic E-state index is 5.40. The van der Waals surface area contributed by atoms with Gasteiger partial charge < -0.3 is 9.26 Å². The molecule has 0 spiro atoms. The number of rotatable bonds is 5. The van der Waals surface area contributed by atoms with Crippen LogP contribution in [0.5, 0.6) is 0 Å². The van der Waals surface area contributed by atoms with Gasteiger partial charge in [0.05, 0.1) is 11.6 Å². The van der Waals surface area contributed by atoms with Gasteiger partial charge in [-0.3, -0.25) is 0 Å². The van der Waals surface area contributed by atoms with E-state index in [1.807, 2.05) is 36.5 Å². The molecule has 0 unspecified atom stereocenters. The Kier molecular flexibility index (Phi) is 4.57. The number of pyridine rings is 1. The van der Waals surface area contributed by atoms with Crippen LogP contribution in [-0.4, -0.2) is 28.3 Å². The zero-order valence-electron chi connectivity index (χ0n) is 13.1. The maximum absolute atomic E-state index is 5.40. The molecule has 0 N–H and O–H groups in total. The molecule has 1 atom stereocenters. The third-order valence-corrected chi connectivity index (χ3v) is 4.98. The molecule has 5 nitrogen and oxygen atoms in total. The fraction of sp³-hybridized carbons (Fsp3) is 0.278. The standard InChI is InChI=1S/C18H17N3O2S/c1-2-9-19-16(3-1)24-12-13-4-6-14(7-5-13)18-20-17(21-23-18)15-8-10-22-11-15/h1-7,9,15H,8,10-12H2/t15-/m0/s1. The minimum Gasteiger partial charge on any atom is -0.381 e. The van der Waals surface area contributed by atoms with Crippen molar-refractivity contribution in [1.29, 1.82) is 0 Å². The van der Waals surface area contributed by atoms with Crippen LogP contribution >= 0.6 is 11.8 Å². The maximum Gasteiger partial charge on any atom is 0.257 e. The molecule has 1 aliphatic rings. The van der Waals surface area contributed by atoms with Crippen LogP contribution in [0.1, 0.15) is 23.7 Å². The lowest BCUT2D eigenvalue weighted by Crippen LogP contribution is -1.99. The summed E-state index contributed by atoms with van der Waals surface area (Å²) in [5, 5.41) is 5.12. The summed E-state index contributed by atoms with van der Waals surface area (Å²) < 4.78 is 10.8. The number of aromatic nitrogens is 3. The van der Waals surface area contributed by atoms with E-state index < -0.39 is 0 Å². The van der Waals surface area contributed by atoms with Gasteiger partial charge in [0.25, 0.3) is 5.89 Å². The Bertz CT molecular complexity index is 784. The predicted octanol–water partition coefficient (Wildman–Crippen LogP) is 3.93. The first kappa shape index (κ1) is 15.4. The predicted molar refractivity (Wildman–Crippen MR) is 91.7 cm³/mol. The van der Waals surface area contributed by atoms with Crippen LogP contribution in [0.25, 0.3) is 11.5 Å². The van der Waals surface area contributed by atoms with Gasteiger partial charge in [-0.25, -0.2) is 4.98 Å². The number of hydrogen-bond donors (Lipinski definition) is 0. The van der Waals surface area contributed by atoms with Gasteiger partial charge in [-0.05, 0) is 36.2 Å². The molecule has 1 fully saturated rings. The molecule has 3 heterocycles. The van der Waals surface area contributed by atoms with E-state index in [2.05, 4.69) is 27.3 Å². The van der Waals surface area contributed by atoms with Gasteiger partial charge >= 0.3 is 0 Å². The van der Waals surface area contributed by atoms with Gasteiger partial charge in [-0.2, -0.15) is 4.98 Å². The summed E-state index contributed by atoms with van der Waals surface area (Å²) >= 11 is 1.72. The molecule has 0 aliphatic carbocycles. The normalized spacial score (nSPS) is 17.2. The molecule has 0 saturated carbocycles.